The third kappa shape index (κ3) is 4.90. The maximum atomic E-state index is 11.0. The van der Waals surface area contributed by atoms with E-state index in [9.17, 15) is 10.1 Å². The van der Waals surface area contributed by atoms with E-state index in [0.717, 1.165) is 31.2 Å². The van der Waals surface area contributed by atoms with Crippen molar-refractivity contribution in [2.45, 2.75) is 32.2 Å². The number of likely N-dealkylation sites (N-methyl/N-ethyl adjacent to an activating group) is 1. The first-order valence-corrected chi connectivity index (χ1v) is 7.46. The molecule has 0 atom stereocenters. The van der Waals surface area contributed by atoms with E-state index in [1.54, 1.807) is 6.07 Å². The molecule has 1 aliphatic rings. The molecule has 0 unspecified atom stereocenters. The topological polar surface area (TPSA) is 67.6 Å². The second kappa shape index (κ2) is 7.26. The second-order valence-electron chi connectivity index (χ2n) is 5.46. The molecule has 21 heavy (non-hydrogen) atoms. The normalized spacial score (nSPS) is 14.2. The van der Waals surface area contributed by atoms with Crippen LogP contribution in [0.2, 0.25) is 0 Å². The molecule has 0 amide bonds. The van der Waals surface area contributed by atoms with Crippen LogP contribution in [-0.4, -0.2) is 42.6 Å². The largest absolute Gasteiger partial charge is 0.493 e. The van der Waals surface area contributed by atoms with Gasteiger partial charge in [-0.1, -0.05) is 6.92 Å². The molecule has 1 N–H and O–H groups in total. The maximum absolute atomic E-state index is 11.0. The molecule has 6 heteroatoms. The lowest BCUT2D eigenvalue weighted by Crippen LogP contribution is -2.27. The van der Waals surface area contributed by atoms with Crippen LogP contribution in [0.25, 0.3) is 0 Å². The first-order chi connectivity index (χ1) is 10.1. The van der Waals surface area contributed by atoms with Crippen molar-refractivity contribution in [1.29, 1.82) is 0 Å². The van der Waals surface area contributed by atoms with E-state index in [0.29, 0.717) is 12.4 Å². The number of non-ortho nitro benzene ring substituents is 1. The van der Waals surface area contributed by atoms with E-state index in [1.807, 2.05) is 13.0 Å². The third-order valence-electron chi connectivity index (χ3n) is 3.54. The lowest BCUT2D eigenvalue weighted by atomic mass is 10.2. The number of nitrogens with one attached hydrogen (secondary N) is 1. The zero-order valence-electron chi connectivity index (χ0n) is 12.7. The highest BCUT2D eigenvalue weighted by Crippen LogP contribution is 2.27. The minimum atomic E-state index is -0.389. The van der Waals surface area contributed by atoms with Gasteiger partial charge in [-0.2, -0.15) is 0 Å². The van der Waals surface area contributed by atoms with Gasteiger partial charge < -0.3 is 15.0 Å². The highest BCUT2D eigenvalue weighted by Gasteiger charge is 2.25. The van der Waals surface area contributed by atoms with Crippen LogP contribution in [0, 0.1) is 10.1 Å². The fraction of sp³-hybridized carbons (Fsp3) is 0.600. The predicted octanol–water partition coefficient (Wildman–Crippen LogP) is 2.89. The Kier molecular flexibility index (Phi) is 5.38. The molecule has 116 valence electrons. The number of anilines is 1. The van der Waals surface area contributed by atoms with E-state index >= 15 is 0 Å². The van der Waals surface area contributed by atoms with Crippen LogP contribution >= 0.6 is 0 Å². The summed E-state index contributed by atoms with van der Waals surface area (Å²) in [5, 5.41) is 14.2. The highest BCUT2D eigenvalue weighted by atomic mass is 16.6. The molecule has 0 aromatic heterocycles. The first-order valence-electron chi connectivity index (χ1n) is 7.46. The number of nitro benzene ring substituents is 1. The molecule has 1 saturated carbocycles. The summed E-state index contributed by atoms with van der Waals surface area (Å²) < 4.78 is 5.51. The summed E-state index contributed by atoms with van der Waals surface area (Å²) in [6, 6.07) is 5.56. The van der Waals surface area contributed by atoms with E-state index in [2.05, 4.69) is 17.3 Å². The number of rotatable bonds is 9. The van der Waals surface area contributed by atoms with Gasteiger partial charge in [-0.05, 0) is 26.3 Å². The third-order valence-corrected chi connectivity index (χ3v) is 3.54. The molecular formula is C15H23N3O3. The lowest BCUT2D eigenvalue weighted by Gasteiger charge is -2.16. The van der Waals surface area contributed by atoms with Gasteiger partial charge in [-0.3, -0.25) is 10.1 Å². The van der Waals surface area contributed by atoms with Gasteiger partial charge in [0.05, 0.1) is 17.6 Å². The van der Waals surface area contributed by atoms with Crippen LogP contribution in [0.5, 0.6) is 5.75 Å². The van der Waals surface area contributed by atoms with E-state index in [4.69, 9.17) is 4.74 Å². The van der Waals surface area contributed by atoms with Crippen LogP contribution in [0.4, 0.5) is 11.4 Å². The first kappa shape index (κ1) is 15.6. The molecule has 0 heterocycles. The SMILES string of the molecule is CCCOc1cc(NCCN(C)C2CC2)cc([N+](=O)[O-])c1. The Bertz CT molecular complexity index is 489. The second-order valence-corrected chi connectivity index (χ2v) is 5.46. The molecule has 0 bridgehead atoms. The Morgan fingerprint density at radius 2 is 2.19 bits per heavy atom. The summed E-state index contributed by atoms with van der Waals surface area (Å²) in [6.07, 6.45) is 3.43. The van der Waals surface area contributed by atoms with Crippen LogP contribution in [0.3, 0.4) is 0 Å². The minimum absolute atomic E-state index is 0.0571. The predicted molar refractivity (Wildman–Crippen MR) is 83.0 cm³/mol. The van der Waals surface area contributed by atoms with Crippen molar-refractivity contribution in [2.24, 2.45) is 0 Å². The molecule has 1 fully saturated rings. The van der Waals surface area contributed by atoms with Crippen molar-refractivity contribution < 1.29 is 9.66 Å². The Morgan fingerprint density at radius 3 is 2.81 bits per heavy atom. The lowest BCUT2D eigenvalue weighted by molar-refractivity contribution is -0.384. The fourth-order valence-corrected chi connectivity index (χ4v) is 2.17. The highest BCUT2D eigenvalue weighted by molar-refractivity contribution is 5.56. The molecule has 0 aliphatic heterocycles. The Hall–Kier alpha value is -1.82. The van der Waals surface area contributed by atoms with Crippen LogP contribution < -0.4 is 10.1 Å². The molecule has 0 spiro atoms. The zero-order valence-corrected chi connectivity index (χ0v) is 12.7. The van der Waals surface area contributed by atoms with Crippen molar-refractivity contribution in [2.75, 3.05) is 32.1 Å². The molecule has 6 nitrogen and oxygen atoms in total. The summed E-state index contributed by atoms with van der Waals surface area (Å²) >= 11 is 0. The number of hydrogen-bond donors (Lipinski definition) is 1. The number of benzene rings is 1. The summed E-state index contributed by atoms with van der Waals surface area (Å²) in [5.74, 6) is 0.545. The summed E-state index contributed by atoms with van der Waals surface area (Å²) in [5.41, 5.74) is 0.793. The summed E-state index contributed by atoms with van der Waals surface area (Å²) in [7, 11) is 2.11. The maximum Gasteiger partial charge on any atom is 0.275 e. The number of ether oxygens (including phenoxy) is 1. The van der Waals surface area contributed by atoms with Gasteiger partial charge in [-0.25, -0.2) is 0 Å². The van der Waals surface area contributed by atoms with Gasteiger partial charge in [0.2, 0.25) is 0 Å². The van der Waals surface area contributed by atoms with E-state index in [1.165, 1.54) is 18.9 Å². The van der Waals surface area contributed by atoms with Crippen molar-refractivity contribution in [3.8, 4) is 5.75 Å². The number of nitrogens with zero attached hydrogens (tertiary/aromatic N) is 2. The van der Waals surface area contributed by atoms with Gasteiger partial charge in [0, 0.05) is 37.0 Å². The van der Waals surface area contributed by atoms with Crippen LogP contribution in [-0.2, 0) is 0 Å². The Labute approximate surface area is 125 Å². The van der Waals surface area contributed by atoms with Gasteiger partial charge in [0.1, 0.15) is 5.75 Å². The standard InChI is InChI=1S/C15H23N3O3/c1-3-8-21-15-10-12(9-14(11-15)18(19)20)16-6-7-17(2)13-4-5-13/h9-11,13,16H,3-8H2,1-2H3. The molecular weight excluding hydrogens is 270 g/mol. The van der Waals surface area contributed by atoms with Gasteiger partial charge in [0.25, 0.3) is 5.69 Å². The Balaban J connectivity index is 1.95. The van der Waals surface area contributed by atoms with Crippen LogP contribution in [0.15, 0.2) is 18.2 Å². The average molecular weight is 293 g/mol. The van der Waals surface area contributed by atoms with Gasteiger partial charge in [0.15, 0.2) is 0 Å². The van der Waals surface area contributed by atoms with E-state index in [-0.39, 0.29) is 10.6 Å². The Morgan fingerprint density at radius 1 is 1.43 bits per heavy atom. The molecule has 1 aromatic carbocycles. The average Bonchev–Trinajstić information content (AvgIpc) is 3.29. The van der Waals surface area contributed by atoms with Gasteiger partial charge >= 0.3 is 0 Å². The smallest absolute Gasteiger partial charge is 0.275 e. The van der Waals surface area contributed by atoms with Crippen molar-refractivity contribution in [1.82, 2.24) is 4.90 Å². The fourth-order valence-electron chi connectivity index (χ4n) is 2.17. The summed E-state index contributed by atoms with van der Waals surface area (Å²) in [6.45, 7) is 4.26. The van der Waals surface area contributed by atoms with Crippen molar-refractivity contribution in [3.63, 3.8) is 0 Å². The molecule has 1 aliphatic carbocycles. The quantitative estimate of drug-likeness (QED) is 0.560. The number of hydrogen-bond acceptors (Lipinski definition) is 5. The van der Waals surface area contributed by atoms with E-state index < -0.39 is 0 Å². The number of nitro groups is 1. The summed E-state index contributed by atoms with van der Waals surface area (Å²) in [4.78, 5) is 12.9. The van der Waals surface area contributed by atoms with Crippen molar-refractivity contribution in [3.05, 3.63) is 28.3 Å². The molecule has 0 radical (unpaired) electrons. The molecule has 2 rings (SSSR count). The minimum Gasteiger partial charge on any atom is -0.493 e. The molecule has 0 saturated heterocycles. The molecule has 1 aromatic rings. The monoisotopic (exact) mass is 293 g/mol. The van der Waals surface area contributed by atoms with Gasteiger partial charge in [-0.15, -0.1) is 0 Å². The van der Waals surface area contributed by atoms with Crippen molar-refractivity contribution >= 4 is 11.4 Å². The zero-order chi connectivity index (χ0) is 15.2. The van der Waals surface area contributed by atoms with Crippen LogP contribution in [0.1, 0.15) is 26.2 Å².